The molecule has 0 amide bonds. The van der Waals surface area contributed by atoms with Gasteiger partial charge in [0.1, 0.15) is 11.8 Å². The van der Waals surface area contributed by atoms with Crippen LogP contribution in [0.15, 0.2) is 59.4 Å². The first kappa shape index (κ1) is 10.9. The lowest BCUT2D eigenvalue weighted by Crippen LogP contribution is -1.81. The Morgan fingerprint density at radius 3 is 2.65 bits per heavy atom. The molecule has 96 valence electrons. The van der Waals surface area contributed by atoms with Crippen LogP contribution in [0, 0.1) is 0 Å². The third kappa shape index (κ3) is 1.68. The molecule has 2 aromatic carbocycles. The second-order valence-electron chi connectivity index (χ2n) is 4.44. The molecule has 4 rings (SSSR count). The number of aromatic amines is 1. The van der Waals surface area contributed by atoms with Gasteiger partial charge in [0.05, 0.1) is 5.39 Å². The summed E-state index contributed by atoms with van der Waals surface area (Å²) >= 11 is 0. The fraction of sp³-hybridized carbons (Fsp3) is 0. The average molecular weight is 262 g/mol. The molecule has 0 saturated carbocycles. The van der Waals surface area contributed by atoms with E-state index in [2.05, 4.69) is 20.3 Å². The van der Waals surface area contributed by atoms with E-state index in [1.165, 1.54) is 6.33 Å². The summed E-state index contributed by atoms with van der Waals surface area (Å²) in [6.45, 7) is 0. The molecule has 4 aromatic rings. The predicted molar refractivity (Wildman–Crippen MR) is 74.8 cm³/mol. The molecule has 0 atom stereocenters. The van der Waals surface area contributed by atoms with Crippen LogP contribution >= 0.6 is 0 Å². The second-order valence-corrected chi connectivity index (χ2v) is 4.44. The van der Waals surface area contributed by atoms with Crippen LogP contribution in [0.4, 0.5) is 0 Å². The quantitative estimate of drug-likeness (QED) is 0.602. The van der Waals surface area contributed by atoms with E-state index in [1.54, 1.807) is 0 Å². The molecule has 0 spiro atoms. The summed E-state index contributed by atoms with van der Waals surface area (Å²) in [5.74, 6) is 1.49. The number of H-pyrrole nitrogens is 1. The zero-order valence-corrected chi connectivity index (χ0v) is 10.4. The number of rotatable bonds is 2. The lowest BCUT2D eigenvalue weighted by atomic mass is 10.1. The minimum absolute atomic E-state index is 0.729. The van der Waals surface area contributed by atoms with Crippen molar-refractivity contribution in [1.29, 1.82) is 0 Å². The normalized spacial score (nSPS) is 11.0. The zero-order valence-electron chi connectivity index (χ0n) is 10.4. The molecule has 2 aromatic heterocycles. The molecule has 0 fully saturated rings. The summed E-state index contributed by atoms with van der Waals surface area (Å²) in [6, 6.07) is 15.8. The summed E-state index contributed by atoms with van der Waals surface area (Å²) in [6.07, 6.45) is 1.49. The molecule has 0 bridgehead atoms. The molecule has 0 radical (unpaired) electrons. The van der Waals surface area contributed by atoms with Gasteiger partial charge in [-0.15, -0.1) is 0 Å². The Kier molecular flexibility index (Phi) is 2.35. The molecular weight excluding hydrogens is 252 g/mol. The highest BCUT2D eigenvalue weighted by atomic mass is 16.5. The lowest BCUT2D eigenvalue weighted by Gasteiger charge is -1.98. The van der Waals surface area contributed by atoms with Gasteiger partial charge in [0.2, 0.25) is 0 Å². The van der Waals surface area contributed by atoms with Gasteiger partial charge < -0.3 is 4.52 Å². The molecule has 0 saturated heterocycles. The summed E-state index contributed by atoms with van der Waals surface area (Å²) in [4.78, 5) is 4.16. The van der Waals surface area contributed by atoms with E-state index in [0.29, 0.717) is 0 Å². The monoisotopic (exact) mass is 262 g/mol. The number of benzene rings is 2. The van der Waals surface area contributed by atoms with Crippen LogP contribution in [0.1, 0.15) is 0 Å². The second kappa shape index (κ2) is 4.31. The van der Waals surface area contributed by atoms with Crippen LogP contribution in [0.3, 0.4) is 0 Å². The van der Waals surface area contributed by atoms with Gasteiger partial charge >= 0.3 is 0 Å². The van der Waals surface area contributed by atoms with E-state index in [0.717, 1.165) is 33.6 Å². The largest absolute Gasteiger partial charge is 0.355 e. The van der Waals surface area contributed by atoms with Gasteiger partial charge in [-0.05, 0) is 18.2 Å². The SMILES string of the molecule is c1ccc(-c2onc3ccc(-c4ncn[nH]4)cc23)cc1. The maximum atomic E-state index is 5.48. The number of aromatic nitrogens is 4. The fourth-order valence-corrected chi connectivity index (χ4v) is 2.23. The van der Waals surface area contributed by atoms with Crippen molar-refractivity contribution in [2.24, 2.45) is 0 Å². The Labute approximate surface area is 114 Å². The minimum atomic E-state index is 0.729. The van der Waals surface area contributed by atoms with Crippen molar-refractivity contribution < 1.29 is 4.52 Å². The van der Waals surface area contributed by atoms with Crippen molar-refractivity contribution in [3.05, 3.63) is 54.9 Å². The third-order valence-corrected chi connectivity index (χ3v) is 3.20. The standard InChI is InChI=1S/C15H10N4O/c1-2-4-10(5-3-1)14-12-8-11(15-16-9-17-18-15)6-7-13(12)19-20-14/h1-9H,(H,16,17,18). The summed E-state index contributed by atoms with van der Waals surface area (Å²) in [7, 11) is 0. The van der Waals surface area contributed by atoms with Crippen molar-refractivity contribution >= 4 is 10.9 Å². The highest BCUT2D eigenvalue weighted by Gasteiger charge is 2.12. The van der Waals surface area contributed by atoms with E-state index in [9.17, 15) is 0 Å². The van der Waals surface area contributed by atoms with Crippen molar-refractivity contribution in [3.8, 4) is 22.7 Å². The number of nitrogens with zero attached hydrogens (tertiary/aromatic N) is 3. The molecule has 2 heterocycles. The first-order valence-corrected chi connectivity index (χ1v) is 6.22. The summed E-state index contributed by atoms with van der Waals surface area (Å²) in [5.41, 5.74) is 2.78. The van der Waals surface area contributed by atoms with Gasteiger partial charge in [-0.1, -0.05) is 35.5 Å². The zero-order chi connectivity index (χ0) is 13.4. The highest BCUT2D eigenvalue weighted by Crippen LogP contribution is 2.30. The molecule has 0 unspecified atom stereocenters. The Balaban J connectivity index is 1.93. The van der Waals surface area contributed by atoms with Gasteiger partial charge in [-0.25, -0.2) is 4.98 Å². The van der Waals surface area contributed by atoms with Crippen LogP contribution < -0.4 is 0 Å². The maximum absolute atomic E-state index is 5.48. The first-order chi connectivity index (χ1) is 9.92. The van der Waals surface area contributed by atoms with E-state index >= 15 is 0 Å². The van der Waals surface area contributed by atoms with Crippen LogP contribution in [-0.2, 0) is 0 Å². The topological polar surface area (TPSA) is 67.6 Å². The van der Waals surface area contributed by atoms with Crippen molar-refractivity contribution in [2.75, 3.05) is 0 Å². The molecule has 1 N–H and O–H groups in total. The number of nitrogens with one attached hydrogen (secondary N) is 1. The van der Waals surface area contributed by atoms with E-state index in [-0.39, 0.29) is 0 Å². The summed E-state index contributed by atoms with van der Waals surface area (Å²) in [5, 5.41) is 11.8. The van der Waals surface area contributed by atoms with E-state index < -0.39 is 0 Å². The minimum Gasteiger partial charge on any atom is -0.355 e. The van der Waals surface area contributed by atoms with Crippen LogP contribution in [-0.4, -0.2) is 20.3 Å². The Morgan fingerprint density at radius 1 is 0.950 bits per heavy atom. The predicted octanol–water partition coefficient (Wildman–Crippen LogP) is 3.28. The van der Waals surface area contributed by atoms with Crippen LogP contribution in [0.5, 0.6) is 0 Å². The molecule has 20 heavy (non-hydrogen) atoms. The highest BCUT2D eigenvalue weighted by molar-refractivity contribution is 5.93. The van der Waals surface area contributed by atoms with Gasteiger partial charge in [-0.3, -0.25) is 5.10 Å². The van der Waals surface area contributed by atoms with Gasteiger partial charge in [0, 0.05) is 11.1 Å². The molecule has 0 aliphatic carbocycles. The maximum Gasteiger partial charge on any atom is 0.174 e. The number of hydrogen-bond donors (Lipinski definition) is 1. The van der Waals surface area contributed by atoms with Crippen molar-refractivity contribution in [1.82, 2.24) is 20.3 Å². The molecule has 5 heteroatoms. The average Bonchev–Trinajstić information content (AvgIpc) is 3.17. The molecule has 0 aliphatic rings. The van der Waals surface area contributed by atoms with E-state index in [4.69, 9.17) is 4.52 Å². The van der Waals surface area contributed by atoms with E-state index in [1.807, 2.05) is 48.5 Å². The lowest BCUT2D eigenvalue weighted by molar-refractivity contribution is 0.441. The Bertz CT molecular complexity index is 850. The summed E-state index contributed by atoms with van der Waals surface area (Å²) < 4.78 is 5.48. The number of fused-ring (bicyclic) bond motifs is 1. The third-order valence-electron chi connectivity index (χ3n) is 3.20. The molecule has 5 nitrogen and oxygen atoms in total. The smallest absolute Gasteiger partial charge is 0.174 e. The number of hydrogen-bond acceptors (Lipinski definition) is 4. The van der Waals surface area contributed by atoms with Gasteiger partial charge in [-0.2, -0.15) is 5.10 Å². The van der Waals surface area contributed by atoms with Gasteiger partial charge in [0.25, 0.3) is 0 Å². The molecular formula is C15H10N4O. The van der Waals surface area contributed by atoms with Crippen LogP contribution in [0.25, 0.3) is 33.6 Å². The van der Waals surface area contributed by atoms with Crippen molar-refractivity contribution in [3.63, 3.8) is 0 Å². The van der Waals surface area contributed by atoms with Crippen molar-refractivity contribution in [2.45, 2.75) is 0 Å². The molecule has 0 aliphatic heterocycles. The van der Waals surface area contributed by atoms with Gasteiger partial charge in [0.15, 0.2) is 11.6 Å². The fourth-order valence-electron chi connectivity index (χ4n) is 2.23. The Morgan fingerprint density at radius 2 is 1.85 bits per heavy atom. The first-order valence-electron chi connectivity index (χ1n) is 6.22. The Hall–Kier alpha value is -2.95. The van der Waals surface area contributed by atoms with Crippen LogP contribution in [0.2, 0.25) is 0 Å².